The van der Waals surface area contributed by atoms with E-state index in [0.29, 0.717) is 6.42 Å². The molecule has 0 saturated carbocycles. The summed E-state index contributed by atoms with van der Waals surface area (Å²) in [7, 11) is 1.89. The zero-order valence-electron chi connectivity index (χ0n) is 12.0. The standard InChI is InChI=1S/C14H23N3O2/c1-4-6-14(13(18)19)7-5-8-17(14)11(2)12-9-15-16(3)10-12/h9-11H,4-8H2,1-3H3,(H,18,19). The van der Waals surface area contributed by atoms with Crippen molar-refractivity contribution >= 4 is 5.97 Å². The molecule has 0 spiro atoms. The van der Waals surface area contributed by atoms with Crippen molar-refractivity contribution in [1.82, 2.24) is 14.7 Å². The van der Waals surface area contributed by atoms with Crippen molar-refractivity contribution in [1.29, 1.82) is 0 Å². The summed E-state index contributed by atoms with van der Waals surface area (Å²) in [6, 6.07) is 0.0962. The lowest BCUT2D eigenvalue weighted by molar-refractivity contribution is -0.151. The van der Waals surface area contributed by atoms with E-state index in [-0.39, 0.29) is 6.04 Å². The number of aromatic nitrogens is 2. The van der Waals surface area contributed by atoms with Crippen molar-refractivity contribution in [3.05, 3.63) is 18.0 Å². The molecule has 19 heavy (non-hydrogen) atoms. The van der Waals surface area contributed by atoms with Crippen molar-refractivity contribution in [2.45, 2.75) is 51.1 Å². The number of carboxylic acid groups (broad SMARTS) is 1. The maximum atomic E-state index is 11.8. The van der Waals surface area contributed by atoms with E-state index in [1.54, 1.807) is 4.68 Å². The van der Waals surface area contributed by atoms with Gasteiger partial charge in [0.25, 0.3) is 0 Å². The molecule has 1 saturated heterocycles. The average molecular weight is 265 g/mol. The molecule has 0 radical (unpaired) electrons. The summed E-state index contributed by atoms with van der Waals surface area (Å²) in [4.78, 5) is 14.0. The van der Waals surface area contributed by atoms with E-state index in [4.69, 9.17) is 0 Å². The summed E-state index contributed by atoms with van der Waals surface area (Å²) in [6.45, 7) is 4.98. The van der Waals surface area contributed by atoms with Crippen LogP contribution in [0, 0.1) is 0 Å². The number of likely N-dealkylation sites (tertiary alicyclic amines) is 1. The lowest BCUT2D eigenvalue weighted by atomic mass is 9.89. The third-order valence-corrected chi connectivity index (χ3v) is 4.28. The van der Waals surface area contributed by atoms with Crippen LogP contribution in [0.25, 0.3) is 0 Å². The SMILES string of the molecule is CCCC1(C(=O)O)CCCN1C(C)c1cnn(C)c1. The van der Waals surface area contributed by atoms with Gasteiger partial charge in [0, 0.05) is 24.8 Å². The first kappa shape index (κ1) is 14.1. The lowest BCUT2D eigenvalue weighted by Crippen LogP contribution is -2.51. The van der Waals surface area contributed by atoms with Gasteiger partial charge in [-0.3, -0.25) is 14.4 Å². The molecule has 0 aromatic carbocycles. The molecule has 2 atom stereocenters. The monoisotopic (exact) mass is 265 g/mol. The van der Waals surface area contributed by atoms with Gasteiger partial charge < -0.3 is 5.11 Å². The average Bonchev–Trinajstić information content (AvgIpc) is 2.96. The van der Waals surface area contributed by atoms with Crippen LogP contribution in [-0.4, -0.2) is 37.8 Å². The molecule has 1 aromatic rings. The highest BCUT2D eigenvalue weighted by Gasteiger charge is 2.48. The van der Waals surface area contributed by atoms with Crippen LogP contribution in [0.2, 0.25) is 0 Å². The van der Waals surface area contributed by atoms with Gasteiger partial charge in [-0.2, -0.15) is 5.10 Å². The Morgan fingerprint density at radius 1 is 1.63 bits per heavy atom. The molecule has 0 amide bonds. The quantitative estimate of drug-likeness (QED) is 0.886. The first-order valence-corrected chi connectivity index (χ1v) is 7.00. The number of carbonyl (C=O) groups is 1. The maximum absolute atomic E-state index is 11.8. The van der Waals surface area contributed by atoms with Crippen molar-refractivity contribution in [2.75, 3.05) is 6.54 Å². The van der Waals surface area contributed by atoms with Crippen LogP contribution in [0.1, 0.15) is 51.1 Å². The fraction of sp³-hybridized carbons (Fsp3) is 0.714. The molecule has 106 valence electrons. The van der Waals surface area contributed by atoms with E-state index in [1.165, 1.54) is 0 Å². The normalized spacial score (nSPS) is 25.6. The van der Waals surface area contributed by atoms with Crippen LogP contribution in [0.15, 0.2) is 12.4 Å². The Morgan fingerprint density at radius 2 is 2.37 bits per heavy atom. The Labute approximate surface area is 114 Å². The molecule has 1 N–H and O–H groups in total. The highest BCUT2D eigenvalue weighted by Crippen LogP contribution is 2.40. The van der Waals surface area contributed by atoms with Gasteiger partial charge in [0.15, 0.2) is 0 Å². The van der Waals surface area contributed by atoms with E-state index >= 15 is 0 Å². The van der Waals surface area contributed by atoms with Gasteiger partial charge in [-0.05, 0) is 32.7 Å². The molecule has 5 nitrogen and oxygen atoms in total. The molecule has 1 fully saturated rings. The summed E-state index contributed by atoms with van der Waals surface area (Å²) < 4.78 is 1.77. The highest BCUT2D eigenvalue weighted by atomic mass is 16.4. The second-order valence-electron chi connectivity index (χ2n) is 5.51. The molecule has 2 heterocycles. The molecule has 1 aromatic heterocycles. The molecule has 1 aliphatic heterocycles. The predicted octanol–water partition coefficient (Wildman–Crippen LogP) is 2.20. The van der Waals surface area contributed by atoms with Crippen LogP contribution in [0.5, 0.6) is 0 Å². The number of nitrogens with zero attached hydrogens (tertiary/aromatic N) is 3. The van der Waals surface area contributed by atoms with Crippen LogP contribution in [0.3, 0.4) is 0 Å². The van der Waals surface area contributed by atoms with E-state index < -0.39 is 11.5 Å². The van der Waals surface area contributed by atoms with Crippen molar-refractivity contribution < 1.29 is 9.90 Å². The van der Waals surface area contributed by atoms with Gasteiger partial charge in [0.2, 0.25) is 0 Å². The number of carboxylic acids is 1. The lowest BCUT2D eigenvalue weighted by Gasteiger charge is -2.38. The second kappa shape index (κ2) is 5.33. The highest BCUT2D eigenvalue weighted by molar-refractivity contribution is 5.79. The number of hydrogen-bond donors (Lipinski definition) is 1. The van der Waals surface area contributed by atoms with Gasteiger partial charge in [0.1, 0.15) is 5.54 Å². The number of aliphatic carboxylic acids is 1. The molecule has 2 unspecified atom stereocenters. The summed E-state index contributed by atoms with van der Waals surface area (Å²) in [5.41, 5.74) is 0.399. The molecule has 0 aliphatic carbocycles. The fourth-order valence-electron chi connectivity index (χ4n) is 3.32. The summed E-state index contributed by atoms with van der Waals surface area (Å²) in [5, 5.41) is 13.9. The van der Waals surface area contributed by atoms with Crippen molar-refractivity contribution in [3.8, 4) is 0 Å². The largest absolute Gasteiger partial charge is 0.480 e. The number of rotatable bonds is 5. The van der Waals surface area contributed by atoms with Crippen LogP contribution < -0.4 is 0 Å². The van der Waals surface area contributed by atoms with Crippen molar-refractivity contribution in [2.24, 2.45) is 7.05 Å². The minimum Gasteiger partial charge on any atom is -0.480 e. The molecular formula is C14H23N3O2. The summed E-state index contributed by atoms with van der Waals surface area (Å²) in [6.07, 6.45) is 7.12. The molecule has 0 bridgehead atoms. The Bertz CT molecular complexity index is 457. The van der Waals surface area contributed by atoms with Crippen LogP contribution in [0.4, 0.5) is 0 Å². The third kappa shape index (κ3) is 2.39. The van der Waals surface area contributed by atoms with E-state index in [1.807, 2.05) is 19.4 Å². The van der Waals surface area contributed by atoms with Crippen LogP contribution in [-0.2, 0) is 11.8 Å². The third-order valence-electron chi connectivity index (χ3n) is 4.28. The fourth-order valence-corrected chi connectivity index (χ4v) is 3.32. The first-order chi connectivity index (χ1) is 9.01. The van der Waals surface area contributed by atoms with E-state index in [0.717, 1.165) is 31.4 Å². The minimum absolute atomic E-state index is 0.0962. The van der Waals surface area contributed by atoms with E-state index in [2.05, 4.69) is 23.8 Å². The Hall–Kier alpha value is -1.36. The number of hydrogen-bond acceptors (Lipinski definition) is 3. The zero-order chi connectivity index (χ0) is 14.0. The van der Waals surface area contributed by atoms with Gasteiger partial charge in [-0.25, -0.2) is 0 Å². The van der Waals surface area contributed by atoms with E-state index in [9.17, 15) is 9.90 Å². The smallest absolute Gasteiger partial charge is 0.324 e. The van der Waals surface area contributed by atoms with Gasteiger partial charge in [-0.15, -0.1) is 0 Å². The number of aryl methyl sites for hydroxylation is 1. The van der Waals surface area contributed by atoms with Gasteiger partial charge >= 0.3 is 5.97 Å². The minimum atomic E-state index is -0.690. The summed E-state index contributed by atoms with van der Waals surface area (Å²) >= 11 is 0. The predicted molar refractivity (Wildman–Crippen MR) is 72.8 cm³/mol. The van der Waals surface area contributed by atoms with Crippen molar-refractivity contribution in [3.63, 3.8) is 0 Å². The van der Waals surface area contributed by atoms with Crippen LogP contribution >= 0.6 is 0 Å². The Kier molecular flexibility index (Phi) is 3.94. The Morgan fingerprint density at radius 3 is 2.89 bits per heavy atom. The molecule has 2 rings (SSSR count). The zero-order valence-corrected chi connectivity index (χ0v) is 12.0. The topological polar surface area (TPSA) is 58.4 Å². The Balaban J connectivity index is 2.28. The van der Waals surface area contributed by atoms with Gasteiger partial charge in [-0.1, -0.05) is 13.3 Å². The first-order valence-electron chi connectivity index (χ1n) is 7.00. The molecule has 1 aliphatic rings. The second-order valence-corrected chi connectivity index (χ2v) is 5.51. The summed E-state index contributed by atoms with van der Waals surface area (Å²) in [5.74, 6) is -0.678. The molecule has 5 heteroatoms. The molecular weight excluding hydrogens is 242 g/mol. The van der Waals surface area contributed by atoms with Gasteiger partial charge in [0.05, 0.1) is 6.20 Å². The maximum Gasteiger partial charge on any atom is 0.324 e.